The van der Waals surface area contributed by atoms with E-state index in [4.69, 9.17) is 9.57 Å². The van der Waals surface area contributed by atoms with Gasteiger partial charge in [-0.2, -0.15) is 0 Å². The van der Waals surface area contributed by atoms with Gasteiger partial charge in [-0.25, -0.2) is 4.79 Å². The molecule has 1 heterocycles. The van der Waals surface area contributed by atoms with Crippen molar-refractivity contribution < 1.29 is 19.2 Å². The summed E-state index contributed by atoms with van der Waals surface area (Å²) in [6.45, 7) is 2.27. The predicted molar refractivity (Wildman–Crippen MR) is 89.8 cm³/mol. The zero-order valence-electron chi connectivity index (χ0n) is 13.3. The Morgan fingerprint density at radius 3 is 2.83 bits per heavy atom. The highest BCUT2D eigenvalue weighted by Gasteiger charge is 2.29. The van der Waals surface area contributed by atoms with Crippen LogP contribution >= 0.6 is 0 Å². The second-order valence-electron chi connectivity index (χ2n) is 5.45. The van der Waals surface area contributed by atoms with Crippen LogP contribution < -0.4 is 5.32 Å². The molecule has 1 aliphatic heterocycles. The van der Waals surface area contributed by atoms with Crippen molar-refractivity contribution >= 4 is 28.4 Å². The molecule has 0 saturated carbocycles. The van der Waals surface area contributed by atoms with E-state index in [9.17, 15) is 9.59 Å². The summed E-state index contributed by atoms with van der Waals surface area (Å²) in [5, 5.41) is 8.72. The number of nitrogens with zero attached hydrogens (tertiary/aromatic N) is 1. The first kappa shape index (κ1) is 16.0. The van der Waals surface area contributed by atoms with Gasteiger partial charge < -0.3 is 14.9 Å². The Bertz CT molecular complexity index is 800. The van der Waals surface area contributed by atoms with Crippen molar-refractivity contribution in [2.75, 3.05) is 13.2 Å². The number of esters is 1. The first-order chi connectivity index (χ1) is 11.7. The van der Waals surface area contributed by atoms with E-state index in [1.807, 2.05) is 36.4 Å². The molecule has 0 fully saturated rings. The summed E-state index contributed by atoms with van der Waals surface area (Å²) in [5.41, 5.74) is 1.19. The van der Waals surface area contributed by atoms with E-state index in [2.05, 4.69) is 10.5 Å². The number of hydrogen-bond acceptors (Lipinski definition) is 5. The lowest BCUT2D eigenvalue weighted by Crippen LogP contribution is -2.30. The molecule has 0 saturated heterocycles. The largest absolute Gasteiger partial charge is 0.463 e. The van der Waals surface area contributed by atoms with Crippen LogP contribution in [0.15, 0.2) is 47.6 Å². The van der Waals surface area contributed by atoms with Gasteiger partial charge in [-0.15, -0.1) is 0 Å². The van der Waals surface area contributed by atoms with Crippen LogP contribution in [0.4, 0.5) is 0 Å². The van der Waals surface area contributed by atoms with Gasteiger partial charge in [0.2, 0.25) is 6.10 Å². The van der Waals surface area contributed by atoms with Crippen molar-refractivity contribution in [2.45, 2.75) is 19.4 Å². The molecule has 1 aliphatic rings. The van der Waals surface area contributed by atoms with Crippen LogP contribution in [0.2, 0.25) is 0 Å². The molecule has 0 bridgehead atoms. The third kappa shape index (κ3) is 3.53. The minimum absolute atomic E-state index is 0.192. The molecular formula is C18H18N2O4. The molecule has 1 amide bonds. The number of oxime groups is 1. The lowest BCUT2D eigenvalue weighted by molar-refractivity contribution is -0.154. The van der Waals surface area contributed by atoms with Gasteiger partial charge in [-0.1, -0.05) is 35.5 Å². The Morgan fingerprint density at radius 1 is 1.25 bits per heavy atom. The van der Waals surface area contributed by atoms with Gasteiger partial charge in [0.1, 0.15) is 0 Å². The van der Waals surface area contributed by atoms with E-state index >= 15 is 0 Å². The summed E-state index contributed by atoms with van der Waals surface area (Å²) in [4.78, 5) is 28.9. The maximum atomic E-state index is 12.3. The smallest absolute Gasteiger partial charge is 0.350 e. The summed E-state index contributed by atoms with van der Waals surface area (Å²) >= 11 is 0. The molecule has 0 spiro atoms. The predicted octanol–water partition coefficient (Wildman–Crippen LogP) is 2.28. The monoisotopic (exact) mass is 326 g/mol. The molecule has 1 N–H and O–H groups in total. The van der Waals surface area contributed by atoms with E-state index in [0.717, 1.165) is 10.8 Å². The molecule has 124 valence electrons. The molecule has 2 aromatic carbocycles. The Hall–Kier alpha value is -2.89. The minimum Gasteiger partial charge on any atom is -0.463 e. The van der Waals surface area contributed by atoms with Crippen LogP contribution in [-0.4, -0.2) is 36.8 Å². The Kier molecular flexibility index (Phi) is 4.74. The SMILES string of the molecule is CCOC(=O)C1CC(CNC(=O)c2ccc3ccccc3c2)=NO1. The van der Waals surface area contributed by atoms with Gasteiger partial charge in [0.05, 0.1) is 18.9 Å². The van der Waals surface area contributed by atoms with Crippen molar-refractivity contribution in [1.82, 2.24) is 5.32 Å². The van der Waals surface area contributed by atoms with Gasteiger partial charge >= 0.3 is 5.97 Å². The maximum absolute atomic E-state index is 12.3. The fraction of sp³-hybridized carbons (Fsp3) is 0.278. The first-order valence-corrected chi connectivity index (χ1v) is 7.82. The number of rotatable bonds is 5. The second-order valence-corrected chi connectivity index (χ2v) is 5.45. The van der Waals surface area contributed by atoms with Crippen LogP contribution in [0.5, 0.6) is 0 Å². The summed E-state index contributed by atoms with van der Waals surface area (Å²) < 4.78 is 4.89. The maximum Gasteiger partial charge on any atom is 0.350 e. The van der Waals surface area contributed by atoms with Crippen molar-refractivity contribution in [3.63, 3.8) is 0 Å². The number of benzene rings is 2. The van der Waals surface area contributed by atoms with Crippen LogP contribution in [0, 0.1) is 0 Å². The molecule has 24 heavy (non-hydrogen) atoms. The molecular weight excluding hydrogens is 308 g/mol. The van der Waals surface area contributed by atoms with E-state index < -0.39 is 12.1 Å². The first-order valence-electron chi connectivity index (χ1n) is 7.82. The molecule has 6 heteroatoms. The molecule has 2 aromatic rings. The highest BCUT2D eigenvalue weighted by molar-refractivity contribution is 6.01. The van der Waals surface area contributed by atoms with Crippen molar-refractivity contribution in [1.29, 1.82) is 0 Å². The van der Waals surface area contributed by atoms with Crippen LogP contribution in [0.25, 0.3) is 10.8 Å². The van der Waals surface area contributed by atoms with E-state index in [0.29, 0.717) is 24.3 Å². The number of hydrogen-bond donors (Lipinski definition) is 1. The summed E-state index contributed by atoms with van der Waals surface area (Å²) in [6.07, 6.45) is -0.380. The minimum atomic E-state index is -0.711. The number of carbonyl (C=O) groups is 2. The Labute approximate surface area is 139 Å². The average Bonchev–Trinajstić information content (AvgIpc) is 3.08. The Morgan fingerprint density at radius 2 is 2.04 bits per heavy atom. The lowest BCUT2D eigenvalue weighted by atomic mass is 10.1. The van der Waals surface area contributed by atoms with Crippen LogP contribution in [0.3, 0.4) is 0 Å². The molecule has 1 atom stereocenters. The number of carbonyl (C=O) groups excluding carboxylic acids is 2. The number of fused-ring (bicyclic) bond motifs is 1. The van der Waals surface area contributed by atoms with Gasteiger partial charge in [0, 0.05) is 12.0 Å². The normalized spacial score (nSPS) is 16.4. The highest BCUT2D eigenvalue weighted by Crippen LogP contribution is 2.16. The van der Waals surface area contributed by atoms with E-state index in [1.54, 1.807) is 13.0 Å². The van der Waals surface area contributed by atoms with Crippen molar-refractivity contribution in [2.24, 2.45) is 5.16 Å². The van der Waals surface area contributed by atoms with Gasteiger partial charge in [-0.3, -0.25) is 4.79 Å². The highest BCUT2D eigenvalue weighted by atomic mass is 16.7. The zero-order chi connectivity index (χ0) is 16.9. The fourth-order valence-electron chi connectivity index (χ4n) is 2.51. The second kappa shape index (κ2) is 7.12. The van der Waals surface area contributed by atoms with E-state index in [1.165, 1.54) is 0 Å². The summed E-state index contributed by atoms with van der Waals surface area (Å²) in [5.74, 6) is -0.625. The zero-order valence-corrected chi connectivity index (χ0v) is 13.3. The molecule has 3 rings (SSSR count). The number of nitrogens with one attached hydrogen (secondary N) is 1. The molecule has 0 aliphatic carbocycles. The van der Waals surface area contributed by atoms with Crippen LogP contribution in [0.1, 0.15) is 23.7 Å². The number of ether oxygens (including phenoxy) is 1. The molecule has 0 radical (unpaired) electrons. The van der Waals surface area contributed by atoms with Gasteiger partial charge in [0.15, 0.2) is 0 Å². The van der Waals surface area contributed by atoms with Crippen LogP contribution in [-0.2, 0) is 14.4 Å². The quantitative estimate of drug-likeness (QED) is 0.855. The average molecular weight is 326 g/mol. The fourth-order valence-corrected chi connectivity index (χ4v) is 2.51. The summed E-state index contributed by atoms with van der Waals surface area (Å²) in [6, 6.07) is 13.4. The molecule has 0 aromatic heterocycles. The van der Waals surface area contributed by atoms with Crippen molar-refractivity contribution in [3.8, 4) is 0 Å². The third-order valence-electron chi connectivity index (χ3n) is 3.74. The van der Waals surface area contributed by atoms with Gasteiger partial charge in [-0.05, 0) is 29.8 Å². The number of amides is 1. The topological polar surface area (TPSA) is 77.0 Å². The third-order valence-corrected chi connectivity index (χ3v) is 3.74. The Balaban J connectivity index is 1.56. The standard InChI is InChI=1S/C18H18N2O4/c1-2-23-18(22)16-10-15(20-24-16)11-19-17(21)14-8-7-12-5-3-4-6-13(12)9-14/h3-9,16H,2,10-11H2,1H3,(H,19,21). The van der Waals surface area contributed by atoms with Gasteiger partial charge in [0.25, 0.3) is 5.91 Å². The lowest BCUT2D eigenvalue weighted by Gasteiger charge is -2.07. The molecule has 6 nitrogen and oxygen atoms in total. The molecule has 1 unspecified atom stereocenters. The van der Waals surface area contributed by atoms with Crippen molar-refractivity contribution in [3.05, 3.63) is 48.0 Å². The van der Waals surface area contributed by atoms with E-state index in [-0.39, 0.29) is 12.5 Å². The summed E-state index contributed by atoms with van der Waals surface area (Å²) in [7, 11) is 0.